The van der Waals surface area contributed by atoms with E-state index in [1.807, 2.05) is 26.8 Å². The summed E-state index contributed by atoms with van der Waals surface area (Å²) in [6.45, 7) is 7.43. The Morgan fingerprint density at radius 3 is 2.48 bits per heavy atom. The van der Waals surface area contributed by atoms with Crippen LogP contribution in [-0.2, 0) is 4.79 Å². The minimum atomic E-state index is -4.69. The Bertz CT molecular complexity index is 947. The number of nitrogens with zero attached hydrogens (tertiary/aromatic N) is 4. The molecule has 0 radical (unpaired) electrons. The van der Waals surface area contributed by atoms with Crippen molar-refractivity contribution in [2.24, 2.45) is 16.8 Å². The Kier molecular flexibility index (Phi) is 5.66. The molecule has 2 aliphatic heterocycles. The van der Waals surface area contributed by atoms with Gasteiger partial charge in [-0.15, -0.1) is 0 Å². The van der Waals surface area contributed by atoms with Gasteiger partial charge in [0.1, 0.15) is 23.7 Å². The van der Waals surface area contributed by atoms with Crippen molar-refractivity contribution in [2.75, 3.05) is 24.5 Å². The van der Waals surface area contributed by atoms with Crippen molar-refractivity contribution in [2.45, 2.75) is 58.2 Å². The zero-order chi connectivity index (χ0) is 22.5. The number of ketones is 1. The summed E-state index contributed by atoms with van der Waals surface area (Å²) in [5.41, 5.74) is 1.81. The highest BCUT2D eigenvalue weighted by Crippen LogP contribution is 2.45. The standard InChI is InChI=1S/C22H27F3N4O2/c1-11(2)21-27-12(3)8-16(28-21)29-6-4-13(5-7-29)19-17-14(10-26-19)9-15(30)20(31)18(17)22(23,24)25/h8,11,13,18,20,31H,4-7,9-10H2,1-3H3/t18-,20-/m0/s1. The fraction of sp³-hybridized carbons (Fsp3) is 0.636. The number of aliphatic imine (C=N–C) groups is 1. The highest BCUT2D eigenvalue weighted by atomic mass is 19.4. The van der Waals surface area contributed by atoms with Gasteiger partial charge in [0.15, 0.2) is 5.78 Å². The predicted molar refractivity (Wildman–Crippen MR) is 110 cm³/mol. The molecule has 31 heavy (non-hydrogen) atoms. The second-order valence-corrected chi connectivity index (χ2v) is 8.97. The summed E-state index contributed by atoms with van der Waals surface area (Å²) in [6, 6.07) is 1.93. The van der Waals surface area contributed by atoms with Crippen LogP contribution in [0.1, 0.15) is 50.5 Å². The maximum absolute atomic E-state index is 13.7. The molecule has 0 spiro atoms. The molecule has 3 heterocycles. The number of halogens is 3. The molecule has 3 aliphatic rings. The fourth-order valence-electron chi connectivity index (χ4n) is 4.79. The summed E-state index contributed by atoms with van der Waals surface area (Å²) in [4.78, 5) is 27.6. The van der Waals surface area contributed by atoms with E-state index in [4.69, 9.17) is 0 Å². The molecule has 0 saturated carbocycles. The summed E-state index contributed by atoms with van der Waals surface area (Å²) in [6.07, 6.45) is -5.59. The normalized spacial score (nSPS) is 25.4. The molecule has 9 heteroatoms. The molecule has 0 amide bonds. The zero-order valence-electron chi connectivity index (χ0n) is 17.9. The minimum absolute atomic E-state index is 0.0676. The molecule has 4 rings (SSSR count). The van der Waals surface area contributed by atoms with E-state index in [0.29, 0.717) is 37.2 Å². The van der Waals surface area contributed by atoms with Crippen LogP contribution in [0.5, 0.6) is 0 Å². The number of aliphatic hydroxyl groups is 1. The van der Waals surface area contributed by atoms with Gasteiger partial charge >= 0.3 is 6.18 Å². The maximum Gasteiger partial charge on any atom is 0.398 e. The molecule has 1 saturated heterocycles. The van der Waals surface area contributed by atoms with E-state index < -0.39 is 24.0 Å². The Morgan fingerprint density at radius 1 is 1.19 bits per heavy atom. The van der Waals surface area contributed by atoms with Gasteiger partial charge in [-0.2, -0.15) is 13.2 Å². The van der Waals surface area contributed by atoms with Crippen molar-refractivity contribution in [3.05, 3.63) is 28.7 Å². The van der Waals surface area contributed by atoms with Gasteiger partial charge in [0, 0.05) is 48.8 Å². The monoisotopic (exact) mass is 436 g/mol. The highest BCUT2D eigenvalue weighted by molar-refractivity contribution is 6.08. The van der Waals surface area contributed by atoms with Gasteiger partial charge in [-0.1, -0.05) is 13.8 Å². The van der Waals surface area contributed by atoms with Crippen molar-refractivity contribution in [1.82, 2.24) is 9.97 Å². The summed E-state index contributed by atoms with van der Waals surface area (Å²) >= 11 is 0. The molecule has 168 valence electrons. The third kappa shape index (κ3) is 4.12. The molecule has 1 aliphatic carbocycles. The predicted octanol–water partition coefficient (Wildman–Crippen LogP) is 3.39. The van der Waals surface area contributed by atoms with Crippen LogP contribution in [0.4, 0.5) is 19.0 Å². The van der Waals surface area contributed by atoms with Crippen molar-refractivity contribution < 1.29 is 23.1 Å². The number of rotatable bonds is 3. The van der Waals surface area contributed by atoms with Gasteiger partial charge < -0.3 is 10.0 Å². The number of carbonyl (C=O) groups is 1. The van der Waals surface area contributed by atoms with Crippen LogP contribution in [0, 0.1) is 18.8 Å². The zero-order valence-corrected chi connectivity index (χ0v) is 17.9. The number of anilines is 1. The second-order valence-electron chi connectivity index (χ2n) is 8.97. The van der Waals surface area contributed by atoms with Crippen molar-refractivity contribution in [3.63, 3.8) is 0 Å². The SMILES string of the molecule is Cc1cc(N2CCC(C3=NCC4=C3[C@H](C(F)(F)F)[C@@H](O)C(=O)C4)CC2)nc(C(C)C)n1. The molecular weight excluding hydrogens is 409 g/mol. The van der Waals surface area contributed by atoms with Gasteiger partial charge in [0.25, 0.3) is 0 Å². The molecule has 1 N–H and O–H groups in total. The van der Waals surface area contributed by atoms with Gasteiger partial charge in [-0.25, -0.2) is 9.97 Å². The molecule has 0 aromatic carbocycles. The topological polar surface area (TPSA) is 78.7 Å². The summed E-state index contributed by atoms with van der Waals surface area (Å²) < 4.78 is 41.2. The first-order valence-corrected chi connectivity index (χ1v) is 10.7. The average molecular weight is 436 g/mol. The Morgan fingerprint density at radius 2 is 1.87 bits per heavy atom. The molecule has 0 unspecified atom stereocenters. The maximum atomic E-state index is 13.7. The third-order valence-electron chi connectivity index (χ3n) is 6.37. The molecule has 1 aromatic heterocycles. The molecule has 6 nitrogen and oxygen atoms in total. The number of hydrogen-bond donors (Lipinski definition) is 1. The number of aliphatic hydroxyl groups excluding tert-OH is 1. The third-order valence-corrected chi connectivity index (χ3v) is 6.37. The van der Waals surface area contributed by atoms with Gasteiger partial charge in [0.05, 0.1) is 6.54 Å². The average Bonchev–Trinajstić information content (AvgIpc) is 3.10. The fourth-order valence-corrected chi connectivity index (χ4v) is 4.79. The lowest BCUT2D eigenvalue weighted by Crippen LogP contribution is -2.46. The number of aromatic nitrogens is 2. The highest BCUT2D eigenvalue weighted by Gasteiger charge is 2.54. The first kappa shape index (κ1) is 21.9. The van der Waals surface area contributed by atoms with Crippen molar-refractivity contribution >= 4 is 17.3 Å². The quantitative estimate of drug-likeness (QED) is 0.786. The molecule has 0 bridgehead atoms. The van der Waals surface area contributed by atoms with Crippen LogP contribution < -0.4 is 4.90 Å². The second kappa shape index (κ2) is 8.00. The number of piperidine rings is 1. The number of alkyl halides is 3. The molecule has 2 atom stereocenters. The first-order chi connectivity index (χ1) is 14.6. The van der Waals surface area contributed by atoms with E-state index >= 15 is 0 Å². The van der Waals surface area contributed by atoms with E-state index in [1.165, 1.54) is 0 Å². The van der Waals surface area contributed by atoms with E-state index in [9.17, 15) is 23.1 Å². The minimum Gasteiger partial charge on any atom is -0.384 e. The van der Waals surface area contributed by atoms with Crippen LogP contribution in [0.15, 0.2) is 22.2 Å². The lowest BCUT2D eigenvalue weighted by molar-refractivity contribution is -0.190. The smallest absolute Gasteiger partial charge is 0.384 e. The van der Waals surface area contributed by atoms with Crippen LogP contribution in [0.25, 0.3) is 0 Å². The Hall–Kier alpha value is -2.29. The van der Waals surface area contributed by atoms with E-state index in [-0.39, 0.29) is 30.4 Å². The van der Waals surface area contributed by atoms with Crippen LogP contribution in [0.3, 0.4) is 0 Å². The van der Waals surface area contributed by atoms with Gasteiger partial charge in [-0.05, 0) is 30.9 Å². The largest absolute Gasteiger partial charge is 0.398 e. The van der Waals surface area contributed by atoms with E-state index in [0.717, 1.165) is 17.3 Å². The Balaban J connectivity index is 1.53. The first-order valence-electron chi connectivity index (χ1n) is 10.7. The number of aryl methyl sites for hydroxylation is 1. The Labute approximate surface area is 179 Å². The lowest BCUT2D eigenvalue weighted by atomic mass is 9.74. The van der Waals surface area contributed by atoms with Crippen LogP contribution in [0.2, 0.25) is 0 Å². The van der Waals surface area contributed by atoms with Crippen molar-refractivity contribution in [3.8, 4) is 0 Å². The molecule has 1 fully saturated rings. The van der Waals surface area contributed by atoms with E-state index in [1.54, 1.807) is 0 Å². The van der Waals surface area contributed by atoms with E-state index in [2.05, 4.69) is 19.9 Å². The van der Waals surface area contributed by atoms with Crippen LogP contribution >= 0.6 is 0 Å². The number of Topliss-reactive ketones (excluding diaryl/α,β-unsaturated/α-hetero) is 1. The molecule has 1 aromatic rings. The van der Waals surface area contributed by atoms with Gasteiger partial charge in [-0.3, -0.25) is 9.79 Å². The summed E-state index contributed by atoms with van der Waals surface area (Å²) in [7, 11) is 0. The summed E-state index contributed by atoms with van der Waals surface area (Å²) in [5, 5.41) is 10.0. The summed E-state index contributed by atoms with van der Waals surface area (Å²) in [5.74, 6) is -1.24. The van der Waals surface area contributed by atoms with Crippen LogP contribution in [-0.4, -0.2) is 58.5 Å². The number of hydrogen-bond acceptors (Lipinski definition) is 6. The molecular formula is C22H27F3N4O2. The van der Waals surface area contributed by atoms with Gasteiger partial charge in [0.2, 0.25) is 0 Å². The van der Waals surface area contributed by atoms with Crippen molar-refractivity contribution in [1.29, 1.82) is 0 Å². The number of carbonyl (C=O) groups excluding carboxylic acids is 1. The lowest BCUT2D eigenvalue weighted by Gasteiger charge is -2.36.